The number of imidazole rings is 1. The zero-order valence-corrected chi connectivity index (χ0v) is 15.0. The van der Waals surface area contributed by atoms with Crippen LogP contribution in [-0.4, -0.2) is 67.5 Å². The lowest BCUT2D eigenvalue weighted by atomic mass is 10.2. The van der Waals surface area contributed by atoms with Crippen molar-refractivity contribution in [2.75, 3.05) is 31.1 Å². The van der Waals surface area contributed by atoms with Gasteiger partial charge in [-0.3, -0.25) is 4.40 Å². The molecule has 2 amide bonds. The van der Waals surface area contributed by atoms with Gasteiger partial charge in [0.2, 0.25) is 0 Å². The number of alkyl halides is 3. The van der Waals surface area contributed by atoms with E-state index in [9.17, 15) is 18.0 Å². The summed E-state index contributed by atoms with van der Waals surface area (Å²) < 4.78 is 40.4. The van der Waals surface area contributed by atoms with E-state index < -0.39 is 11.9 Å². The highest BCUT2D eigenvalue weighted by Crippen LogP contribution is 2.29. The Kier molecular flexibility index (Phi) is 3.83. The number of nitrogens with zero attached hydrogens (tertiary/aromatic N) is 7. The summed E-state index contributed by atoms with van der Waals surface area (Å²) in [6.45, 7) is 2.37. The minimum Gasteiger partial charge on any atom is -0.353 e. The number of fused-ring (bicyclic) bond motifs is 2. The fourth-order valence-corrected chi connectivity index (χ4v) is 3.66. The Balaban J connectivity index is 1.48. The molecular weight excluding hydrogens is 389 g/mol. The van der Waals surface area contributed by atoms with Crippen LogP contribution in [0.15, 0.2) is 30.9 Å². The van der Waals surface area contributed by atoms with Crippen LogP contribution in [-0.2, 0) is 6.18 Å². The lowest BCUT2D eigenvalue weighted by molar-refractivity contribution is -0.141. The molecule has 9 nitrogen and oxygen atoms in total. The normalized spacial score (nSPS) is 19.6. The molecule has 2 aliphatic heterocycles. The first kappa shape index (κ1) is 17.6. The van der Waals surface area contributed by atoms with Gasteiger partial charge in [0, 0.05) is 38.6 Å². The molecule has 0 saturated carbocycles. The van der Waals surface area contributed by atoms with Crippen molar-refractivity contribution in [2.24, 2.45) is 0 Å². The molecule has 0 radical (unpaired) electrons. The predicted molar refractivity (Wildman–Crippen MR) is 95.1 cm³/mol. The van der Waals surface area contributed by atoms with Crippen molar-refractivity contribution in [1.29, 1.82) is 0 Å². The first-order valence-corrected chi connectivity index (χ1v) is 8.93. The maximum Gasteiger partial charge on any atom is 0.434 e. The third-order valence-electron chi connectivity index (χ3n) is 5.11. The number of carbonyl (C=O) groups excluding carboxylic acids is 1. The maximum absolute atomic E-state index is 13.0. The van der Waals surface area contributed by atoms with Crippen LogP contribution in [0.1, 0.15) is 5.69 Å². The van der Waals surface area contributed by atoms with Gasteiger partial charge in [-0.05, 0) is 6.07 Å². The summed E-state index contributed by atoms with van der Waals surface area (Å²) >= 11 is 0. The van der Waals surface area contributed by atoms with Crippen LogP contribution >= 0.6 is 0 Å². The largest absolute Gasteiger partial charge is 0.434 e. The molecule has 0 aliphatic carbocycles. The van der Waals surface area contributed by atoms with E-state index in [4.69, 9.17) is 0 Å². The molecule has 1 atom stereocenters. The summed E-state index contributed by atoms with van der Waals surface area (Å²) in [4.78, 5) is 31.9. The zero-order valence-electron chi connectivity index (χ0n) is 15.0. The van der Waals surface area contributed by atoms with Gasteiger partial charge >= 0.3 is 12.2 Å². The summed E-state index contributed by atoms with van der Waals surface area (Å²) in [5.41, 5.74) is -0.410. The number of urea groups is 1. The molecule has 1 N–H and O–H groups in total. The van der Waals surface area contributed by atoms with E-state index in [0.717, 1.165) is 12.4 Å². The quantitative estimate of drug-likeness (QED) is 0.695. The van der Waals surface area contributed by atoms with E-state index in [-0.39, 0.29) is 23.5 Å². The monoisotopic (exact) mass is 404 g/mol. The molecule has 29 heavy (non-hydrogen) atoms. The van der Waals surface area contributed by atoms with Crippen LogP contribution in [0.3, 0.4) is 0 Å². The average molecular weight is 404 g/mol. The summed E-state index contributed by atoms with van der Waals surface area (Å²) in [6.07, 6.45) is 0.383. The molecule has 2 fully saturated rings. The Morgan fingerprint density at radius 1 is 1.14 bits per heavy atom. The second-order valence-corrected chi connectivity index (χ2v) is 6.86. The van der Waals surface area contributed by atoms with Crippen molar-refractivity contribution in [3.05, 3.63) is 36.5 Å². The standard InChI is InChI=1S/C17H15F3N8O/c18-17(19,20)12-9-28-11(6-23-14(28)7-22-12)15-21-2-1-13(25-15)26-3-4-27-10(8-26)5-24-16(27)29/h1-2,6-7,9-10H,3-5,8H2,(H,24,29). The van der Waals surface area contributed by atoms with Crippen LogP contribution < -0.4 is 10.2 Å². The van der Waals surface area contributed by atoms with Crippen molar-refractivity contribution >= 4 is 17.5 Å². The Morgan fingerprint density at radius 2 is 2.00 bits per heavy atom. The van der Waals surface area contributed by atoms with Crippen LogP contribution in [0, 0.1) is 0 Å². The molecule has 2 saturated heterocycles. The predicted octanol–water partition coefficient (Wildman–Crippen LogP) is 1.42. The molecule has 150 valence electrons. The molecule has 0 spiro atoms. The molecule has 2 aliphatic rings. The number of nitrogens with one attached hydrogen (secondary N) is 1. The number of halogens is 3. The highest BCUT2D eigenvalue weighted by molar-refractivity contribution is 5.77. The molecule has 3 aromatic heterocycles. The van der Waals surface area contributed by atoms with Crippen LogP contribution in [0.25, 0.3) is 17.2 Å². The van der Waals surface area contributed by atoms with Gasteiger partial charge < -0.3 is 15.1 Å². The smallest absolute Gasteiger partial charge is 0.353 e. The third kappa shape index (κ3) is 3.00. The van der Waals surface area contributed by atoms with E-state index in [1.54, 1.807) is 17.2 Å². The summed E-state index contributed by atoms with van der Waals surface area (Å²) in [5, 5.41) is 2.82. The fraction of sp³-hybridized carbons (Fsp3) is 0.353. The van der Waals surface area contributed by atoms with Crippen molar-refractivity contribution in [2.45, 2.75) is 12.2 Å². The van der Waals surface area contributed by atoms with E-state index >= 15 is 0 Å². The lowest BCUT2D eigenvalue weighted by Crippen LogP contribution is -2.52. The average Bonchev–Trinajstić information content (AvgIpc) is 3.30. The number of anilines is 1. The Bertz CT molecular complexity index is 1100. The first-order valence-electron chi connectivity index (χ1n) is 8.93. The topological polar surface area (TPSA) is 91.5 Å². The SMILES string of the molecule is O=C1NCC2CN(c3ccnc(-c4cnc5cnc(C(F)(F)F)cn45)n3)CCN12. The number of piperazine rings is 1. The van der Waals surface area contributed by atoms with Crippen LogP contribution in [0.2, 0.25) is 0 Å². The van der Waals surface area contributed by atoms with Gasteiger partial charge in [-0.2, -0.15) is 13.2 Å². The molecule has 3 aromatic rings. The summed E-state index contributed by atoms with van der Waals surface area (Å²) in [7, 11) is 0. The van der Waals surface area contributed by atoms with Gasteiger partial charge in [0.15, 0.2) is 17.2 Å². The molecule has 5 rings (SSSR count). The number of rotatable bonds is 2. The molecule has 5 heterocycles. The van der Waals surface area contributed by atoms with E-state index in [1.165, 1.54) is 10.6 Å². The first-order chi connectivity index (χ1) is 13.9. The molecular formula is C17H15F3N8O. The zero-order chi connectivity index (χ0) is 20.2. The molecule has 0 aromatic carbocycles. The second-order valence-electron chi connectivity index (χ2n) is 6.86. The second kappa shape index (κ2) is 6.29. The number of carbonyl (C=O) groups is 1. The highest BCUT2D eigenvalue weighted by atomic mass is 19.4. The summed E-state index contributed by atoms with van der Waals surface area (Å²) in [6, 6.07) is 1.75. The number of hydrogen-bond acceptors (Lipinski definition) is 6. The van der Waals surface area contributed by atoms with Gasteiger partial charge in [-0.1, -0.05) is 0 Å². The van der Waals surface area contributed by atoms with Gasteiger partial charge in [-0.25, -0.2) is 24.7 Å². The van der Waals surface area contributed by atoms with Gasteiger partial charge in [0.25, 0.3) is 0 Å². The Labute approximate surface area is 162 Å². The van der Waals surface area contributed by atoms with E-state index in [2.05, 4.69) is 25.3 Å². The highest BCUT2D eigenvalue weighted by Gasteiger charge is 2.36. The van der Waals surface area contributed by atoms with Crippen LogP contribution in [0.5, 0.6) is 0 Å². The van der Waals surface area contributed by atoms with Crippen LogP contribution in [0.4, 0.5) is 23.8 Å². The molecule has 0 bridgehead atoms. The van der Waals surface area contributed by atoms with Gasteiger partial charge in [0.05, 0.1) is 18.4 Å². The third-order valence-corrected chi connectivity index (χ3v) is 5.11. The van der Waals surface area contributed by atoms with Crippen molar-refractivity contribution in [3.8, 4) is 11.5 Å². The molecule has 12 heteroatoms. The number of amides is 2. The van der Waals surface area contributed by atoms with Gasteiger partial charge in [-0.15, -0.1) is 0 Å². The minimum absolute atomic E-state index is 0.0576. The number of hydrogen-bond donors (Lipinski definition) is 1. The summed E-state index contributed by atoms with van der Waals surface area (Å²) in [5.74, 6) is 0.909. The Hall–Kier alpha value is -3.44. The maximum atomic E-state index is 13.0. The Morgan fingerprint density at radius 3 is 2.83 bits per heavy atom. The lowest BCUT2D eigenvalue weighted by Gasteiger charge is -2.37. The van der Waals surface area contributed by atoms with Crippen molar-refractivity contribution in [3.63, 3.8) is 0 Å². The minimum atomic E-state index is -4.56. The van der Waals surface area contributed by atoms with E-state index in [0.29, 0.717) is 37.7 Å². The fourth-order valence-electron chi connectivity index (χ4n) is 3.66. The molecule has 1 unspecified atom stereocenters. The van der Waals surface area contributed by atoms with Crippen molar-refractivity contribution in [1.82, 2.24) is 34.6 Å². The number of aromatic nitrogens is 5. The van der Waals surface area contributed by atoms with Gasteiger partial charge in [0.1, 0.15) is 11.5 Å². The van der Waals surface area contributed by atoms with E-state index in [1.807, 2.05) is 4.90 Å². The van der Waals surface area contributed by atoms with Crippen molar-refractivity contribution < 1.29 is 18.0 Å².